The average molecular weight is 269 g/mol. The Morgan fingerprint density at radius 3 is 2.47 bits per heavy atom. The maximum absolute atomic E-state index is 13.5. The van der Waals surface area contributed by atoms with Crippen LogP contribution in [-0.4, -0.2) is 30.3 Å². The van der Waals surface area contributed by atoms with Gasteiger partial charge in [-0.3, -0.25) is 4.79 Å². The van der Waals surface area contributed by atoms with Gasteiger partial charge in [0, 0.05) is 5.56 Å². The smallest absolute Gasteiger partial charge is 0.251 e. The summed E-state index contributed by atoms with van der Waals surface area (Å²) >= 11 is 0. The molecule has 0 aromatic heterocycles. The molecular weight excluding hydrogens is 249 g/mol. The molecule has 0 aliphatic heterocycles. The van der Waals surface area contributed by atoms with Crippen LogP contribution >= 0.6 is 0 Å². The summed E-state index contributed by atoms with van der Waals surface area (Å²) in [7, 11) is 1.36. The summed E-state index contributed by atoms with van der Waals surface area (Å²) in [5, 5.41) is 12.2. The summed E-state index contributed by atoms with van der Waals surface area (Å²) in [6.45, 7) is 3.62. The van der Waals surface area contributed by atoms with Crippen molar-refractivity contribution in [1.29, 1.82) is 0 Å². The normalized spacial score (nSPS) is 11.2. The van der Waals surface area contributed by atoms with Gasteiger partial charge in [-0.2, -0.15) is 0 Å². The molecule has 0 unspecified atom stereocenters. The monoisotopic (exact) mass is 269 g/mol. The van der Waals surface area contributed by atoms with Crippen LogP contribution < -0.4 is 10.1 Å². The summed E-state index contributed by atoms with van der Waals surface area (Å²) in [6, 6.07) is 4.02. The first-order chi connectivity index (χ1) is 9.01. The summed E-state index contributed by atoms with van der Waals surface area (Å²) in [4.78, 5) is 12.1. The van der Waals surface area contributed by atoms with Gasteiger partial charge in [0.25, 0.3) is 5.91 Å². The number of ether oxygens (including phenoxy) is 1. The maximum atomic E-state index is 13.5. The molecule has 0 atom stereocenters. The van der Waals surface area contributed by atoms with Crippen LogP contribution in [0.25, 0.3) is 0 Å². The highest BCUT2D eigenvalue weighted by atomic mass is 19.1. The van der Waals surface area contributed by atoms with Crippen molar-refractivity contribution in [1.82, 2.24) is 5.32 Å². The Morgan fingerprint density at radius 1 is 1.42 bits per heavy atom. The minimum absolute atomic E-state index is 0.0935. The summed E-state index contributed by atoms with van der Waals surface area (Å²) in [6.07, 6.45) is 1.20. The highest BCUT2D eigenvalue weighted by Crippen LogP contribution is 2.19. The third-order valence-corrected chi connectivity index (χ3v) is 3.45. The fourth-order valence-corrected chi connectivity index (χ4v) is 1.81. The first-order valence-corrected chi connectivity index (χ1v) is 6.28. The van der Waals surface area contributed by atoms with E-state index >= 15 is 0 Å². The second-order valence-electron chi connectivity index (χ2n) is 4.45. The van der Waals surface area contributed by atoms with Gasteiger partial charge < -0.3 is 15.2 Å². The Hall–Kier alpha value is -1.62. The van der Waals surface area contributed by atoms with Gasteiger partial charge in [-0.1, -0.05) is 13.8 Å². The second kappa shape index (κ2) is 6.52. The molecule has 1 aromatic rings. The molecule has 4 nitrogen and oxygen atoms in total. The topological polar surface area (TPSA) is 58.6 Å². The molecule has 0 saturated heterocycles. The van der Waals surface area contributed by atoms with Gasteiger partial charge >= 0.3 is 0 Å². The van der Waals surface area contributed by atoms with Crippen molar-refractivity contribution < 1.29 is 19.0 Å². The second-order valence-corrected chi connectivity index (χ2v) is 4.45. The molecule has 0 bridgehead atoms. The predicted octanol–water partition coefficient (Wildman–Crippen LogP) is 2.12. The number of amides is 1. The summed E-state index contributed by atoms with van der Waals surface area (Å²) < 4.78 is 18.3. The van der Waals surface area contributed by atoms with Crippen LogP contribution in [0.2, 0.25) is 0 Å². The number of hydrogen-bond donors (Lipinski definition) is 2. The molecule has 0 saturated carbocycles. The van der Waals surface area contributed by atoms with Gasteiger partial charge in [0.2, 0.25) is 0 Å². The number of benzene rings is 1. The number of aliphatic hydroxyl groups excluding tert-OH is 1. The molecule has 1 rings (SSSR count). The molecule has 106 valence electrons. The molecular formula is C14H20FNO3. The Bertz CT molecular complexity index is 436. The first kappa shape index (κ1) is 15.4. The van der Waals surface area contributed by atoms with Crippen LogP contribution in [0.15, 0.2) is 18.2 Å². The van der Waals surface area contributed by atoms with Gasteiger partial charge in [0.15, 0.2) is 11.6 Å². The number of nitrogens with one attached hydrogen (secondary N) is 1. The minimum atomic E-state index is -0.659. The summed E-state index contributed by atoms with van der Waals surface area (Å²) in [5.74, 6) is -0.895. The van der Waals surface area contributed by atoms with E-state index in [0.717, 1.165) is 6.07 Å². The quantitative estimate of drug-likeness (QED) is 0.831. The zero-order chi connectivity index (χ0) is 14.5. The summed E-state index contributed by atoms with van der Waals surface area (Å²) in [5.41, 5.74) is -0.453. The van der Waals surface area contributed by atoms with Crippen LogP contribution in [0.4, 0.5) is 4.39 Å². The number of carbonyl (C=O) groups is 1. The molecule has 0 aliphatic rings. The van der Waals surface area contributed by atoms with Crippen LogP contribution in [0.5, 0.6) is 5.75 Å². The maximum Gasteiger partial charge on any atom is 0.251 e. The van der Waals surface area contributed by atoms with E-state index in [9.17, 15) is 14.3 Å². The molecule has 0 aliphatic carbocycles. The van der Waals surface area contributed by atoms with E-state index in [-0.39, 0.29) is 17.9 Å². The molecule has 0 fully saturated rings. The van der Waals surface area contributed by atoms with E-state index in [0.29, 0.717) is 12.8 Å². The Balaban J connectivity index is 2.92. The largest absolute Gasteiger partial charge is 0.494 e. The molecule has 2 N–H and O–H groups in total. The van der Waals surface area contributed by atoms with Gasteiger partial charge in [0.1, 0.15) is 0 Å². The van der Waals surface area contributed by atoms with Crippen molar-refractivity contribution in [2.45, 2.75) is 32.2 Å². The third-order valence-electron chi connectivity index (χ3n) is 3.45. The molecule has 0 radical (unpaired) electrons. The zero-order valence-electron chi connectivity index (χ0n) is 11.5. The average Bonchev–Trinajstić information content (AvgIpc) is 2.44. The van der Waals surface area contributed by atoms with E-state index in [4.69, 9.17) is 4.74 Å². The fourth-order valence-electron chi connectivity index (χ4n) is 1.81. The Kier molecular flexibility index (Phi) is 5.30. The standard InChI is InChI=1S/C14H20FNO3/c1-4-14(5-2,9-17)16-13(18)10-6-7-12(19-3)11(15)8-10/h6-8,17H,4-5,9H2,1-3H3,(H,16,18). The van der Waals surface area contributed by atoms with Crippen LogP contribution in [0.1, 0.15) is 37.0 Å². The molecule has 19 heavy (non-hydrogen) atoms. The predicted molar refractivity (Wildman–Crippen MR) is 70.8 cm³/mol. The first-order valence-electron chi connectivity index (χ1n) is 6.28. The lowest BCUT2D eigenvalue weighted by molar-refractivity contribution is 0.0817. The Morgan fingerprint density at radius 2 is 2.05 bits per heavy atom. The minimum Gasteiger partial charge on any atom is -0.494 e. The number of hydrogen-bond acceptors (Lipinski definition) is 3. The highest BCUT2D eigenvalue weighted by molar-refractivity contribution is 5.94. The molecule has 5 heteroatoms. The Labute approximate surface area is 112 Å². The van der Waals surface area contributed by atoms with E-state index in [1.54, 1.807) is 0 Å². The lowest BCUT2D eigenvalue weighted by Crippen LogP contribution is -2.50. The molecule has 1 aromatic carbocycles. The van der Waals surface area contributed by atoms with E-state index in [2.05, 4.69) is 5.32 Å². The lowest BCUT2D eigenvalue weighted by Gasteiger charge is -2.30. The van der Waals surface area contributed by atoms with E-state index in [1.807, 2.05) is 13.8 Å². The molecule has 0 spiro atoms. The molecule has 1 amide bonds. The lowest BCUT2D eigenvalue weighted by atomic mass is 9.93. The van der Waals surface area contributed by atoms with Gasteiger partial charge in [-0.05, 0) is 31.0 Å². The SMILES string of the molecule is CCC(CC)(CO)NC(=O)c1ccc(OC)c(F)c1. The van der Waals surface area contributed by atoms with Gasteiger partial charge in [0.05, 0.1) is 19.3 Å². The number of rotatable bonds is 6. The van der Waals surface area contributed by atoms with Gasteiger partial charge in [-0.25, -0.2) is 4.39 Å². The van der Waals surface area contributed by atoms with E-state index < -0.39 is 17.3 Å². The van der Waals surface area contributed by atoms with Gasteiger partial charge in [-0.15, -0.1) is 0 Å². The van der Waals surface area contributed by atoms with Crippen LogP contribution in [0, 0.1) is 5.82 Å². The van der Waals surface area contributed by atoms with Crippen molar-refractivity contribution >= 4 is 5.91 Å². The number of halogens is 1. The molecule has 0 heterocycles. The van der Waals surface area contributed by atoms with Crippen molar-refractivity contribution in [2.75, 3.05) is 13.7 Å². The van der Waals surface area contributed by atoms with Crippen molar-refractivity contribution in [3.05, 3.63) is 29.6 Å². The van der Waals surface area contributed by atoms with Crippen LogP contribution in [-0.2, 0) is 0 Å². The number of carbonyl (C=O) groups excluding carboxylic acids is 1. The van der Waals surface area contributed by atoms with Crippen molar-refractivity contribution in [2.24, 2.45) is 0 Å². The fraction of sp³-hybridized carbons (Fsp3) is 0.500. The number of methoxy groups -OCH3 is 1. The van der Waals surface area contributed by atoms with Crippen LogP contribution in [0.3, 0.4) is 0 Å². The van der Waals surface area contributed by atoms with Crippen molar-refractivity contribution in [3.8, 4) is 5.75 Å². The van der Waals surface area contributed by atoms with Crippen molar-refractivity contribution in [3.63, 3.8) is 0 Å². The zero-order valence-corrected chi connectivity index (χ0v) is 11.5. The third kappa shape index (κ3) is 3.44. The van der Waals surface area contributed by atoms with E-state index in [1.165, 1.54) is 19.2 Å². The highest BCUT2D eigenvalue weighted by Gasteiger charge is 2.27. The number of aliphatic hydroxyl groups is 1.